The Kier molecular flexibility index (Phi) is 39.7. The number of aliphatic hydroxyl groups excluding tert-OH is 1. The summed E-state index contributed by atoms with van der Waals surface area (Å²) in [5.41, 5.74) is 2.48. The Morgan fingerprint density at radius 3 is 2.15 bits per heavy atom. The van der Waals surface area contributed by atoms with Crippen molar-refractivity contribution in [1.29, 1.82) is 0 Å². The molecular weight excluding hydrogens is 562 g/mol. The molecule has 238 valence electrons. The number of methoxy groups -OCH3 is 1. The fourth-order valence-electron chi connectivity index (χ4n) is 2.28. The number of aliphatic hydroxyl groups is 1. The van der Waals surface area contributed by atoms with Crippen LogP contribution in [0.25, 0.3) is 0 Å². The lowest BCUT2D eigenvalue weighted by atomic mass is 10.2. The second-order valence-corrected chi connectivity index (χ2v) is 9.90. The average Bonchev–Trinajstić information content (AvgIpc) is 2.99. The summed E-state index contributed by atoms with van der Waals surface area (Å²) in [7, 11) is 4.86. The number of aromatic nitrogens is 1. The molecule has 0 radical (unpaired) electrons. The van der Waals surface area contributed by atoms with Gasteiger partial charge in [-0.3, -0.25) is 14.9 Å². The van der Waals surface area contributed by atoms with Crippen molar-refractivity contribution < 1.29 is 24.3 Å². The molecule has 0 aliphatic rings. The number of allylic oxidation sites excluding steroid dienone is 3. The Labute approximate surface area is 257 Å². The summed E-state index contributed by atoms with van der Waals surface area (Å²) in [5.74, 6) is 1.72. The average molecular weight is 618 g/mol. The molecule has 1 rings (SSSR count). The van der Waals surface area contributed by atoms with Gasteiger partial charge in [-0.2, -0.15) is 0 Å². The Balaban J connectivity index is -0.000000284. The molecule has 0 saturated heterocycles. The molecule has 9 nitrogen and oxygen atoms in total. The number of carbonyl (C=O) groups is 1. The van der Waals surface area contributed by atoms with Gasteiger partial charge < -0.3 is 19.9 Å². The number of pyridine rings is 1. The van der Waals surface area contributed by atoms with Gasteiger partial charge in [0, 0.05) is 43.9 Å². The van der Waals surface area contributed by atoms with Crippen LogP contribution in [0, 0.1) is 10.1 Å². The fraction of sp³-hybridized carbons (Fsp3) is 0.600. The molecule has 0 atom stereocenters. The van der Waals surface area contributed by atoms with E-state index in [-0.39, 0.29) is 12.3 Å². The molecule has 2 N–H and O–H groups in total. The minimum Gasteiger partial charge on any atom is -0.494 e. The summed E-state index contributed by atoms with van der Waals surface area (Å²) >= 11 is 0. The van der Waals surface area contributed by atoms with E-state index in [2.05, 4.69) is 16.9 Å². The molecule has 0 bridgehead atoms. The van der Waals surface area contributed by atoms with Crippen molar-refractivity contribution >= 4 is 33.7 Å². The topological polar surface area (TPSA) is 124 Å². The Bertz CT molecular complexity index is 828. The van der Waals surface area contributed by atoms with Crippen molar-refractivity contribution in [1.82, 2.24) is 10.3 Å². The van der Waals surface area contributed by atoms with Gasteiger partial charge in [0.05, 0.1) is 11.5 Å². The summed E-state index contributed by atoms with van der Waals surface area (Å²) in [5, 5.41) is 22.5. The van der Waals surface area contributed by atoms with E-state index in [0.29, 0.717) is 18.7 Å². The molecule has 0 fully saturated rings. The maximum absolute atomic E-state index is 10.5. The first-order valence-corrected chi connectivity index (χ1v) is 16.5. The van der Waals surface area contributed by atoms with E-state index in [1.807, 2.05) is 62.3 Å². The third kappa shape index (κ3) is 29.0. The zero-order valence-electron chi connectivity index (χ0n) is 27.0. The lowest BCUT2D eigenvalue weighted by molar-refractivity contribution is -0.385. The molecule has 1 aromatic heterocycles. The molecule has 0 aliphatic carbocycles. The predicted octanol–water partition coefficient (Wildman–Crippen LogP) is 8.51. The van der Waals surface area contributed by atoms with Crippen LogP contribution in [0.4, 0.5) is 5.69 Å². The van der Waals surface area contributed by atoms with Gasteiger partial charge in [-0.1, -0.05) is 58.9 Å². The quantitative estimate of drug-likeness (QED) is 0.0337. The molecule has 0 saturated carbocycles. The number of unbranched alkanes of at least 4 members (excludes halogenated alkanes) is 2. The van der Waals surface area contributed by atoms with Crippen LogP contribution in [0.15, 0.2) is 58.6 Å². The van der Waals surface area contributed by atoms with Gasteiger partial charge in [-0.15, -0.1) is 0 Å². The van der Waals surface area contributed by atoms with E-state index >= 15 is 0 Å². The highest BCUT2D eigenvalue weighted by molar-refractivity contribution is 8.76. The van der Waals surface area contributed by atoms with Crippen LogP contribution in [-0.4, -0.2) is 54.1 Å². The van der Waals surface area contributed by atoms with Crippen molar-refractivity contribution in [3.8, 4) is 0 Å². The number of nitrogens with one attached hydrogen (secondary N) is 1. The van der Waals surface area contributed by atoms with Gasteiger partial charge in [-0.25, -0.2) is 4.98 Å². The van der Waals surface area contributed by atoms with Gasteiger partial charge >= 0.3 is 0 Å². The van der Waals surface area contributed by atoms with Crippen molar-refractivity contribution in [2.24, 2.45) is 0 Å². The van der Waals surface area contributed by atoms with Crippen LogP contribution in [0.5, 0.6) is 0 Å². The Hall–Kier alpha value is -2.34. The summed E-state index contributed by atoms with van der Waals surface area (Å²) in [6.45, 7) is 23.1. The second-order valence-electron chi connectivity index (χ2n) is 7.46. The number of rotatable bonds is 17. The Morgan fingerprint density at radius 1 is 1.07 bits per heavy atom. The number of hydrogen-bond acceptors (Lipinski definition) is 9. The number of nitro groups is 1. The minimum absolute atomic E-state index is 0.0220. The van der Waals surface area contributed by atoms with Crippen LogP contribution >= 0.6 is 21.6 Å². The van der Waals surface area contributed by atoms with E-state index in [1.165, 1.54) is 23.1 Å². The molecule has 0 spiro atoms. The van der Waals surface area contributed by atoms with Gasteiger partial charge in [0.15, 0.2) is 0 Å². The molecule has 0 aliphatic heterocycles. The fourth-order valence-corrected chi connectivity index (χ4v) is 4.20. The zero-order chi connectivity index (χ0) is 32.5. The maximum Gasteiger partial charge on any atom is 0.287 e. The summed E-state index contributed by atoms with van der Waals surface area (Å²) in [6, 6.07) is 3.12. The van der Waals surface area contributed by atoms with Crippen molar-refractivity contribution in [3.05, 3.63) is 63.7 Å². The number of nitrogens with zero attached hydrogens (tertiary/aromatic N) is 2. The first-order chi connectivity index (χ1) is 19.8. The minimum atomic E-state index is -0.451. The zero-order valence-corrected chi connectivity index (χ0v) is 28.6. The molecule has 11 heteroatoms. The van der Waals surface area contributed by atoms with Crippen LogP contribution in [0.1, 0.15) is 88.0 Å². The third-order valence-electron chi connectivity index (χ3n) is 4.15. The first-order valence-electron chi connectivity index (χ1n) is 14.1. The number of amides is 1. The SMILES string of the molecule is C=C(C)/C(=C\C(OCCCCCO)=C(C)C)NC=O.CC.CC.CC.COCCCSSc1ccc([N+](=O)[O-])cn1. The van der Waals surface area contributed by atoms with Gasteiger partial charge in [-0.05, 0) is 74.5 Å². The highest BCUT2D eigenvalue weighted by Gasteiger charge is 2.05. The van der Waals surface area contributed by atoms with Crippen molar-refractivity contribution in [2.45, 2.75) is 93.0 Å². The standard InChI is InChI=1S/C15H25NO3.C9H12N2O3S2.3C2H6/c1-12(2)14(16-11-18)10-15(13(3)4)19-9-7-5-6-8-17;1-14-5-2-6-15-16-9-4-3-8(7-10-9)11(12)13;3*1-2/h10-11,17H,1,5-9H2,2-4H3,(H,16,18);3-4,7H,2,5-6H2,1H3;3*1-2H3/b14-10+;;;;. The Morgan fingerprint density at radius 2 is 1.71 bits per heavy atom. The lowest BCUT2D eigenvalue weighted by Gasteiger charge is -2.12. The van der Waals surface area contributed by atoms with Crippen molar-refractivity contribution in [3.63, 3.8) is 0 Å². The van der Waals surface area contributed by atoms with Crippen molar-refractivity contribution in [2.75, 3.05) is 32.7 Å². The molecule has 0 unspecified atom stereocenters. The molecule has 1 amide bonds. The van der Waals surface area contributed by atoms with Gasteiger partial charge in [0.25, 0.3) is 5.69 Å². The summed E-state index contributed by atoms with van der Waals surface area (Å²) < 4.78 is 10.6. The van der Waals surface area contributed by atoms with E-state index in [1.54, 1.807) is 30.0 Å². The van der Waals surface area contributed by atoms with Gasteiger partial charge in [0.2, 0.25) is 6.41 Å². The highest BCUT2D eigenvalue weighted by atomic mass is 33.1. The molecule has 41 heavy (non-hydrogen) atoms. The highest BCUT2D eigenvalue weighted by Crippen LogP contribution is 2.30. The monoisotopic (exact) mass is 617 g/mol. The normalized spacial score (nSPS) is 9.49. The number of carbonyl (C=O) groups excluding carboxylic acids is 1. The second kappa shape index (κ2) is 35.7. The molecule has 1 aromatic rings. The maximum atomic E-state index is 10.5. The largest absolute Gasteiger partial charge is 0.494 e. The molecule has 1 heterocycles. The number of ether oxygens (including phenoxy) is 2. The van der Waals surface area contributed by atoms with E-state index in [0.717, 1.165) is 60.0 Å². The predicted molar refractivity (Wildman–Crippen MR) is 177 cm³/mol. The number of hydrogen-bond donors (Lipinski definition) is 2. The van der Waals surface area contributed by atoms with Crippen LogP contribution < -0.4 is 5.32 Å². The third-order valence-corrected chi connectivity index (χ3v) is 6.51. The van der Waals surface area contributed by atoms with E-state index < -0.39 is 4.92 Å². The molecule has 0 aromatic carbocycles. The van der Waals surface area contributed by atoms with Crippen LogP contribution in [0.3, 0.4) is 0 Å². The summed E-state index contributed by atoms with van der Waals surface area (Å²) in [4.78, 5) is 24.4. The van der Waals surface area contributed by atoms with Crippen LogP contribution in [0.2, 0.25) is 0 Å². The molecular formula is C30H55N3O6S2. The van der Waals surface area contributed by atoms with Crippen LogP contribution in [-0.2, 0) is 14.3 Å². The summed E-state index contributed by atoms with van der Waals surface area (Å²) in [6.07, 6.45) is 7.32. The van der Waals surface area contributed by atoms with Gasteiger partial charge in [0.1, 0.15) is 17.0 Å². The lowest BCUT2D eigenvalue weighted by Crippen LogP contribution is -2.12. The first kappa shape index (κ1) is 45.6. The smallest absolute Gasteiger partial charge is 0.287 e. The van der Waals surface area contributed by atoms with E-state index in [4.69, 9.17) is 14.6 Å². The van der Waals surface area contributed by atoms with E-state index in [9.17, 15) is 14.9 Å².